The maximum Gasteiger partial charge on any atom is 0.188 e. The van der Waals surface area contributed by atoms with Crippen LogP contribution in [0.2, 0.25) is 5.02 Å². The summed E-state index contributed by atoms with van der Waals surface area (Å²) in [6.45, 7) is 1.29. The van der Waals surface area contributed by atoms with E-state index >= 15 is 0 Å². The van der Waals surface area contributed by atoms with Crippen LogP contribution in [0.5, 0.6) is 0 Å². The van der Waals surface area contributed by atoms with Crippen LogP contribution in [0.1, 0.15) is 10.4 Å². The highest BCUT2D eigenvalue weighted by Crippen LogP contribution is 2.15. The molecule has 0 aliphatic rings. The Kier molecular flexibility index (Phi) is 7.94. The monoisotopic (exact) mass is 421 g/mol. The summed E-state index contributed by atoms with van der Waals surface area (Å²) in [6, 6.07) is 11.8. The number of nitrogens with one attached hydrogen (secondary N) is 1. The molecule has 0 amide bonds. The van der Waals surface area contributed by atoms with Gasteiger partial charge in [-0.15, -0.1) is 35.3 Å². The number of thiophene rings is 1. The lowest BCUT2D eigenvalue weighted by Gasteiger charge is -2.05. The average molecular weight is 422 g/mol. The fourth-order valence-electron chi connectivity index (χ4n) is 1.62. The first-order valence-electron chi connectivity index (χ1n) is 6.05. The zero-order chi connectivity index (χ0) is 13.5. The summed E-state index contributed by atoms with van der Waals surface area (Å²) in [5, 5.41) is 5.90. The lowest BCUT2D eigenvalue weighted by atomic mass is 10.2. The zero-order valence-corrected chi connectivity index (χ0v) is 14.8. The van der Waals surface area contributed by atoms with Crippen molar-refractivity contribution in [2.24, 2.45) is 10.7 Å². The first kappa shape index (κ1) is 17.3. The van der Waals surface area contributed by atoms with E-state index in [1.54, 1.807) is 11.3 Å². The molecule has 0 spiro atoms. The van der Waals surface area contributed by atoms with Gasteiger partial charge in [0.15, 0.2) is 5.96 Å². The van der Waals surface area contributed by atoms with Crippen LogP contribution < -0.4 is 11.1 Å². The smallest absolute Gasteiger partial charge is 0.188 e. The summed E-state index contributed by atoms with van der Waals surface area (Å²) in [5.74, 6) is 0.455. The minimum Gasteiger partial charge on any atom is -0.370 e. The van der Waals surface area contributed by atoms with Gasteiger partial charge in [-0.05, 0) is 29.5 Å². The molecule has 2 rings (SSSR count). The van der Waals surface area contributed by atoms with Crippen LogP contribution in [-0.4, -0.2) is 12.5 Å². The maximum atomic E-state index is 6.05. The van der Waals surface area contributed by atoms with E-state index in [9.17, 15) is 0 Å². The minimum absolute atomic E-state index is 0. The molecule has 1 heterocycles. The Bertz CT molecular complexity index is 543. The number of benzene rings is 1. The van der Waals surface area contributed by atoms with Gasteiger partial charge in [0.05, 0.1) is 6.54 Å². The van der Waals surface area contributed by atoms with E-state index in [-0.39, 0.29) is 24.0 Å². The van der Waals surface area contributed by atoms with Crippen molar-refractivity contribution >= 4 is 52.9 Å². The Hall–Kier alpha value is -0.790. The Morgan fingerprint density at radius 2 is 2.05 bits per heavy atom. The summed E-state index contributed by atoms with van der Waals surface area (Å²) in [4.78, 5) is 5.62. The molecule has 0 fully saturated rings. The summed E-state index contributed by atoms with van der Waals surface area (Å²) < 4.78 is 0. The highest BCUT2D eigenvalue weighted by Gasteiger charge is 1.98. The molecule has 0 saturated carbocycles. The van der Waals surface area contributed by atoms with Crippen LogP contribution in [0.3, 0.4) is 0 Å². The molecule has 108 valence electrons. The topological polar surface area (TPSA) is 50.4 Å². The third-order valence-electron chi connectivity index (χ3n) is 2.64. The van der Waals surface area contributed by atoms with Gasteiger partial charge >= 0.3 is 0 Å². The quantitative estimate of drug-likeness (QED) is 0.440. The van der Waals surface area contributed by atoms with Crippen LogP contribution in [0, 0.1) is 0 Å². The summed E-state index contributed by atoms with van der Waals surface area (Å²) >= 11 is 7.80. The molecule has 6 heteroatoms. The van der Waals surface area contributed by atoms with Crippen molar-refractivity contribution in [3.63, 3.8) is 0 Å². The molecule has 20 heavy (non-hydrogen) atoms. The molecule has 0 aliphatic heterocycles. The third kappa shape index (κ3) is 5.68. The molecule has 2 aromatic rings. The molecule has 1 aromatic heterocycles. The Labute approximate surface area is 145 Å². The number of nitrogens with zero attached hydrogens (tertiary/aromatic N) is 1. The van der Waals surface area contributed by atoms with Crippen molar-refractivity contribution in [1.29, 1.82) is 0 Å². The second kappa shape index (κ2) is 9.20. The lowest BCUT2D eigenvalue weighted by molar-refractivity contribution is 0.857. The molecule has 0 saturated heterocycles. The Balaban J connectivity index is 0.00000200. The van der Waals surface area contributed by atoms with Crippen molar-refractivity contribution < 1.29 is 0 Å². The van der Waals surface area contributed by atoms with Crippen molar-refractivity contribution in [2.45, 2.75) is 13.0 Å². The van der Waals surface area contributed by atoms with Crippen molar-refractivity contribution in [2.75, 3.05) is 6.54 Å². The van der Waals surface area contributed by atoms with Gasteiger partial charge in [-0.2, -0.15) is 0 Å². The molecule has 1 aromatic carbocycles. The van der Waals surface area contributed by atoms with Crippen LogP contribution in [0.4, 0.5) is 0 Å². The fraction of sp³-hybridized carbons (Fsp3) is 0.214. The van der Waals surface area contributed by atoms with Gasteiger partial charge in [0.25, 0.3) is 0 Å². The van der Waals surface area contributed by atoms with E-state index in [2.05, 4.69) is 27.8 Å². The number of hydrogen-bond donors (Lipinski definition) is 2. The van der Waals surface area contributed by atoms with Gasteiger partial charge in [0, 0.05) is 16.4 Å². The molecular weight excluding hydrogens is 405 g/mol. The highest BCUT2D eigenvalue weighted by molar-refractivity contribution is 14.0. The first-order chi connectivity index (χ1) is 9.25. The molecule has 0 unspecified atom stereocenters. The molecular formula is C14H17ClIN3S. The molecule has 0 radical (unpaired) electrons. The lowest BCUT2D eigenvalue weighted by Crippen LogP contribution is -2.33. The van der Waals surface area contributed by atoms with Gasteiger partial charge in [0.1, 0.15) is 0 Å². The van der Waals surface area contributed by atoms with Gasteiger partial charge < -0.3 is 11.1 Å². The molecule has 3 nitrogen and oxygen atoms in total. The summed E-state index contributed by atoms with van der Waals surface area (Å²) in [6.07, 6.45) is 0.958. The van der Waals surface area contributed by atoms with Gasteiger partial charge in [0.2, 0.25) is 0 Å². The van der Waals surface area contributed by atoms with Crippen molar-refractivity contribution in [3.8, 4) is 0 Å². The van der Waals surface area contributed by atoms with E-state index in [4.69, 9.17) is 17.3 Å². The second-order valence-electron chi connectivity index (χ2n) is 4.05. The minimum atomic E-state index is 0. The van der Waals surface area contributed by atoms with Gasteiger partial charge in [-0.3, -0.25) is 0 Å². The second-order valence-corrected chi connectivity index (χ2v) is 5.49. The van der Waals surface area contributed by atoms with E-state index in [1.807, 2.05) is 24.3 Å². The average Bonchev–Trinajstić information content (AvgIpc) is 2.91. The highest BCUT2D eigenvalue weighted by atomic mass is 127. The van der Waals surface area contributed by atoms with Crippen LogP contribution in [-0.2, 0) is 13.0 Å². The predicted molar refractivity (Wildman–Crippen MR) is 98.2 cm³/mol. The molecule has 0 aliphatic carbocycles. The summed E-state index contributed by atoms with van der Waals surface area (Å²) in [5.41, 5.74) is 6.79. The van der Waals surface area contributed by atoms with E-state index in [0.717, 1.165) is 23.6 Å². The van der Waals surface area contributed by atoms with E-state index in [0.29, 0.717) is 12.5 Å². The largest absolute Gasteiger partial charge is 0.370 e. The van der Waals surface area contributed by atoms with Crippen LogP contribution >= 0.6 is 46.9 Å². The first-order valence-corrected chi connectivity index (χ1v) is 7.31. The SMILES string of the molecule is I.NC(=NCc1ccccc1Cl)NCCc1cccs1. The molecule has 0 bridgehead atoms. The number of nitrogens with two attached hydrogens (primary N) is 1. The Morgan fingerprint density at radius 1 is 1.25 bits per heavy atom. The van der Waals surface area contributed by atoms with Gasteiger partial charge in [-0.25, -0.2) is 4.99 Å². The van der Waals surface area contributed by atoms with Crippen LogP contribution in [0.25, 0.3) is 0 Å². The number of aliphatic imine (C=N–C) groups is 1. The predicted octanol–water partition coefficient (Wildman–Crippen LogP) is 3.67. The number of rotatable bonds is 5. The molecule has 0 atom stereocenters. The number of guanidine groups is 1. The Morgan fingerprint density at radius 3 is 2.75 bits per heavy atom. The van der Waals surface area contributed by atoms with Crippen LogP contribution in [0.15, 0.2) is 46.8 Å². The summed E-state index contributed by atoms with van der Waals surface area (Å²) in [7, 11) is 0. The maximum absolute atomic E-state index is 6.05. The van der Waals surface area contributed by atoms with Crippen molar-refractivity contribution in [3.05, 3.63) is 57.2 Å². The van der Waals surface area contributed by atoms with E-state index in [1.165, 1.54) is 4.88 Å². The molecule has 3 N–H and O–H groups in total. The van der Waals surface area contributed by atoms with Gasteiger partial charge in [-0.1, -0.05) is 35.9 Å². The van der Waals surface area contributed by atoms with Crippen molar-refractivity contribution in [1.82, 2.24) is 5.32 Å². The number of halogens is 2. The normalized spacial score (nSPS) is 10.9. The standard InChI is InChI=1S/C14H16ClN3S.HI/c15-13-6-2-1-4-11(13)10-18-14(16)17-8-7-12-5-3-9-19-12;/h1-6,9H,7-8,10H2,(H3,16,17,18);1H. The fourth-order valence-corrected chi connectivity index (χ4v) is 2.53. The third-order valence-corrected chi connectivity index (χ3v) is 3.94. The van der Waals surface area contributed by atoms with E-state index < -0.39 is 0 Å². The zero-order valence-electron chi connectivity index (χ0n) is 10.9. The number of hydrogen-bond acceptors (Lipinski definition) is 2.